The molecule has 0 N–H and O–H groups in total. The Bertz CT molecular complexity index is 537. The van der Waals surface area contributed by atoms with E-state index < -0.39 is 0 Å². The van der Waals surface area contributed by atoms with Crippen molar-refractivity contribution in [2.24, 2.45) is 0 Å². The lowest BCUT2D eigenvalue weighted by Crippen LogP contribution is -1.96. The van der Waals surface area contributed by atoms with Gasteiger partial charge in [-0.25, -0.2) is 4.68 Å². The Morgan fingerprint density at radius 3 is 2.87 bits per heavy atom. The van der Waals surface area contributed by atoms with Gasteiger partial charge in [-0.1, -0.05) is 15.9 Å². The van der Waals surface area contributed by atoms with Crippen molar-refractivity contribution in [2.45, 2.75) is 6.92 Å². The number of nitriles is 1. The van der Waals surface area contributed by atoms with Gasteiger partial charge < -0.3 is 0 Å². The molecule has 0 spiro atoms. The smallest absolute Gasteiger partial charge is 0.102 e. The van der Waals surface area contributed by atoms with Gasteiger partial charge in [-0.3, -0.25) is 0 Å². The molecule has 0 unspecified atom stereocenters. The Morgan fingerprint density at radius 1 is 1.47 bits per heavy atom. The van der Waals surface area contributed by atoms with Crippen molar-refractivity contribution in [2.75, 3.05) is 0 Å². The predicted molar refractivity (Wildman–Crippen MR) is 60.7 cm³/mol. The third-order valence-electron chi connectivity index (χ3n) is 2.12. The van der Waals surface area contributed by atoms with Crippen LogP contribution in [0.3, 0.4) is 0 Å². The van der Waals surface area contributed by atoms with Gasteiger partial charge in [-0.05, 0) is 30.7 Å². The highest BCUT2D eigenvalue weighted by Crippen LogP contribution is 2.18. The Balaban J connectivity index is 2.50. The lowest BCUT2D eigenvalue weighted by atomic mass is 10.2. The summed E-state index contributed by atoms with van der Waals surface area (Å²) in [5, 5.41) is 12.8. The topological polar surface area (TPSA) is 41.6 Å². The van der Waals surface area contributed by atoms with E-state index in [-0.39, 0.29) is 0 Å². The second kappa shape index (κ2) is 3.87. The molecule has 2 rings (SSSR count). The van der Waals surface area contributed by atoms with Crippen molar-refractivity contribution in [3.05, 3.63) is 46.2 Å². The molecule has 0 fully saturated rings. The third kappa shape index (κ3) is 1.92. The van der Waals surface area contributed by atoms with Crippen LogP contribution in [0.15, 0.2) is 35.1 Å². The number of hydrogen-bond donors (Lipinski definition) is 0. The van der Waals surface area contributed by atoms with Crippen LogP contribution >= 0.6 is 15.9 Å². The number of hydrogen-bond acceptors (Lipinski definition) is 2. The van der Waals surface area contributed by atoms with E-state index in [4.69, 9.17) is 5.26 Å². The SMILES string of the molecule is Cc1cc(Br)ccc1-n1cc(C#N)cn1. The van der Waals surface area contributed by atoms with Gasteiger partial charge in [-0.15, -0.1) is 0 Å². The van der Waals surface area contributed by atoms with E-state index in [1.807, 2.05) is 25.1 Å². The summed E-state index contributed by atoms with van der Waals surface area (Å²) in [5.41, 5.74) is 2.66. The second-order valence-corrected chi connectivity index (χ2v) is 4.13. The first-order chi connectivity index (χ1) is 7.20. The van der Waals surface area contributed by atoms with Crippen molar-refractivity contribution in [1.29, 1.82) is 5.26 Å². The molecule has 0 saturated carbocycles. The van der Waals surface area contributed by atoms with Crippen molar-refractivity contribution >= 4 is 15.9 Å². The fraction of sp³-hybridized carbons (Fsp3) is 0.0909. The molecule has 0 saturated heterocycles. The summed E-state index contributed by atoms with van der Waals surface area (Å²) in [6, 6.07) is 7.99. The molecule has 0 radical (unpaired) electrons. The minimum atomic E-state index is 0.567. The maximum Gasteiger partial charge on any atom is 0.102 e. The van der Waals surface area contributed by atoms with Crippen LogP contribution in [-0.2, 0) is 0 Å². The number of halogens is 1. The summed E-state index contributed by atoms with van der Waals surface area (Å²) in [4.78, 5) is 0. The maximum atomic E-state index is 8.70. The summed E-state index contributed by atoms with van der Waals surface area (Å²) in [5.74, 6) is 0. The Hall–Kier alpha value is -1.60. The molecule has 0 aliphatic carbocycles. The molecule has 74 valence electrons. The van der Waals surface area contributed by atoms with Gasteiger partial charge in [0, 0.05) is 10.7 Å². The van der Waals surface area contributed by atoms with Gasteiger partial charge in [-0.2, -0.15) is 10.4 Å². The fourth-order valence-corrected chi connectivity index (χ4v) is 1.86. The van der Waals surface area contributed by atoms with Gasteiger partial charge in [0.15, 0.2) is 0 Å². The van der Waals surface area contributed by atoms with Crippen LogP contribution in [0.4, 0.5) is 0 Å². The first-order valence-corrected chi connectivity index (χ1v) is 5.21. The highest BCUT2D eigenvalue weighted by molar-refractivity contribution is 9.10. The van der Waals surface area contributed by atoms with Crippen LogP contribution in [-0.4, -0.2) is 9.78 Å². The molecule has 0 bridgehead atoms. The maximum absolute atomic E-state index is 8.70. The van der Waals surface area contributed by atoms with E-state index in [9.17, 15) is 0 Å². The van der Waals surface area contributed by atoms with Gasteiger partial charge >= 0.3 is 0 Å². The predicted octanol–water partition coefficient (Wildman–Crippen LogP) is 2.81. The molecule has 2 aromatic rings. The van der Waals surface area contributed by atoms with Gasteiger partial charge in [0.05, 0.1) is 17.4 Å². The molecule has 15 heavy (non-hydrogen) atoms. The molecule has 0 atom stereocenters. The zero-order valence-electron chi connectivity index (χ0n) is 8.11. The van der Waals surface area contributed by atoms with Crippen LogP contribution in [0.1, 0.15) is 11.1 Å². The standard InChI is InChI=1S/C11H8BrN3/c1-8-4-10(12)2-3-11(8)15-7-9(5-13)6-14-15/h2-4,6-7H,1H3. The minimum absolute atomic E-state index is 0.567. The van der Waals surface area contributed by atoms with Crippen LogP contribution < -0.4 is 0 Å². The Kier molecular flexibility index (Phi) is 2.57. The zero-order chi connectivity index (χ0) is 10.8. The number of benzene rings is 1. The molecule has 0 aliphatic heterocycles. The highest BCUT2D eigenvalue weighted by Gasteiger charge is 2.03. The van der Waals surface area contributed by atoms with Crippen molar-refractivity contribution in [3.63, 3.8) is 0 Å². The van der Waals surface area contributed by atoms with Crippen molar-refractivity contribution in [1.82, 2.24) is 9.78 Å². The lowest BCUT2D eigenvalue weighted by Gasteiger charge is -2.05. The number of rotatable bonds is 1. The first-order valence-electron chi connectivity index (χ1n) is 4.42. The third-order valence-corrected chi connectivity index (χ3v) is 2.61. The normalized spacial score (nSPS) is 9.93. The van der Waals surface area contributed by atoms with Crippen LogP contribution in [0.2, 0.25) is 0 Å². The Morgan fingerprint density at radius 2 is 2.27 bits per heavy atom. The van der Waals surface area contributed by atoms with E-state index in [1.54, 1.807) is 17.1 Å². The molecular formula is C11H8BrN3. The minimum Gasteiger partial charge on any atom is -0.239 e. The van der Waals surface area contributed by atoms with E-state index >= 15 is 0 Å². The summed E-state index contributed by atoms with van der Waals surface area (Å²) in [6.45, 7) is 2.01. The van der Waals surface area contributed by atoms with Crippen LogP contribution in [0, 0.1) is 18.3 Å². The van der Waals surface area contributed by atoms with E-state index in [2.05, 4.69) is 27.1 Å². The summed E-state index contributed by atoms with van der Waals surface area (Å²) >= 11 is 3.41. The summed E-state index contributed by atoms with van der Waals surface area (Å²) < 4.78 is 2.75. The largest absolute Gasteiger partial charge is 0.239 e. The molecule has 0 aliphatic rings. The molecule has 4 heteroatoms. The number of aryl methyl sites for hydroxylation is 1. The van der Waals surface area contributed by atoms with E-state index in [1.165, 1.54) is 0 Å². The van der Waals surface area contributed by atoms with E-state index in [0.717, 1.165) is 15.7 Å². The summed E-state index contributed by atoms with van der Waals surface area (Å²) in [6.07, 6.45) is 3.28. The molecule has 1 aromatic carbocycles. The van der Waals surface area contributed by atoms with Gasteiger partial charge in [0.25, 0.3) is 0 Å². The van der Waals surface area contributed by atoms with Crippen molar-refractivity contribution in [3.8, 4) is 11.8 Å². The monoisotopic (exact) mass is 261 g/mol. The van der Waals surface area contributed by atoms with Gasteiger partial charge in [0.1, 0.15) is 6.07 Å². The lowest BCUT2D eigenvalue weighted by molar-refractivity contribution is 0.872. The van der Waals surface area contributed by atoms with Crippen LogP contribution in [0.5, 0.6) is 0 Å². The van der Waals surface area contributed by atoms with E-state index in [0.29, 0.717) is 5.56 Å². The first kappa shape index (κ1) is 9.94. The fourth-order valence-electron chi connectivity index (χ4n) is 1.39. The highest BCUT2D eigenvalue weighted by atomic mass is 79.9. The second-order valence-electron chi connectivity index (χ2n) is 3.22. The number of nitrogens with zero attached hydrogens (tertiary/aromatic N) is 3. The van der Waals surface area contributed by atoms with Gasteiger partial charge in [0.2, 0.25) is 0 Å². The number of aromatic nitrogens is 2. The van der Waals surface area contributed by atoms with Crippen molar-refractivity contribution < 1.29 is 0 Å². The molecule has 1 aromatic heterocycles. The summed E-state index contributed by atoms with van der Waals surface area (Å²) in [7, 11) is 0. The average Bonchev–Trinajstić information content (AvgIpc) is 2.66. The quantitative estimate of drug-likeness (QED) is 0.792. The zero-order valence-corrected chi connectivity index (χ0v) is 9.69. The molecular weight excluding hydrogens is 254 g/mol. The Labute approximate surface area is 96.1 Å². The molecule has 1 heterocycles. The molecule has 3 nitrogen and oxygen atoms in total. The molecule has 0 amide bonds. The average molecular weight is 262 g/mol. The van der Waals surface area contributed by atoms with Crippen LogP contribution in [0.25, 0.3) is 5.69 Å².